The SMILES string of the molecule is CCCC(=O)N[C@@H]1c2ccccc2[C@@H]2CN(C(C)=O)C[C@@H]12. The van der Waals surface area contributed by atoms with Gasteiger partial charge < -0.3 is 10.2 Å². The fourth-order valence-corrected chi connectivity index (χ4v) is 3.77. The number of nitrogens with one attached hydrogen (secondary N) is 1. The first-order valence-corrected chi connectivity index (χ1v) is 7.75. The molecule has 3 rings (SSSR count). The lowest BCUT2D eigenvalue weighted by atomic mass is 9.94. The molecule has 4 heteroatoms. The molecule has 0 aromatic heterocycles. The summed E-state index contributed by atoms with van der Waals surface area (Å²) in [4.78, 5) is 25.6. The van der Waals surface area contributed by atoms with Crippen LogP contribution >= 0.6 is 0 Å². The highest BCUT2D eigenvalue weighted by atomic mass is 16.2. The summed E-state index contributed by atoms with van der Waals surface area (Å²) in [7, 11) is 0. The van der Waals surface area contributed by atoms with E-state index in [0.717, 1.165) is 19.5 Å². The molecule has 0 unspecified atom stereocenters. The molecule has 1 aromatic carbocycles. The summed E-state index contributed by atoms with van der Waals surface area (Å²) in [5, 5.41) is 3.19. The van der Waals surface area contributed by atoms with Gasteiger partial charge in [-0.15, -0.1) is 0 Å². The summed E-state index contributed by atoms with van der Waals surface area (Å²) in [5.41, 5.74) is 2.54. The average Bonchev–Trinajstić information content (AvgIpc) is 2.99. The molecule has 0 bridgehead atoms. The van der Waals surface area contributed by atoms with Crippen molar-refractivity contribution in [2.24, 2.45) is 5.92 Å². The van der Waals surface area contributed by atoms with Crippen LogP contribution in [0.1, 0.15) is 49.8 Å². The van der Waals surface area contributed by atoms with Gasteiger partial charge in [0.05, 0.1) is 6.04 Å². The maximum atomic E-state index is 12.0. The molecule has 1 N–H and O–H groups in total. The number of hydrogen-bond acceptors (Lipinski definition) is 2. The van der Waals surface area contributed by atoms with Crippen LogP contribution < -0.4 is 5.32 Å². The minimum atomic E-state index is 0.0506. The summed E-state index contributed by atoms with van der Waals surface area (Å²) >= 11 is 0. The average molecular weight is 286 g/mol. The molecule has 1 fully saturated rings. The Morgan fingerprint density at radius 2 is 1.95 bits per heavy atom. The molecule has 1 heterocycles. The predicted octanol–water partition coefficient (Wildman–Crippen LogP) is 2.22. The Morgan fingerprint density at radius 3 is 2.62 bits per heavy atom. The molecule has 3 atom stereocenters. The summed E-state index contributed by atoms with van der Waals surface area (Å²) in [6.07, 6.45) is 1.42. The van der Waals surface area contributed by atoms with E-state index in [1.54, 1.807) is 6.92 Å². The van der Waals surface area contributed by atoms with E-state index in [9.17, 15) is 9.59 Å². The number of fused-ring (bicyclic) bond motifs is 3. The summed E-state index contributed by atoms with van der Waals surface area (Å²) in [6, 6.07) is 8.38. The zero-order valence-electron chi connectivity index (χ0n) is 12.6. The fourth-order valence-electron chi connectivity index (χ4n) is 3.77. The number of benzene rings is 1. The van der Waals surface area contributed by atoms with Gasteiger partial charge in [-0.05, 0) is 17.5 Å². The highest BCUT2D eigenvalue weighted by Gasteiger charge is 2.47. The molecule has 0 spiro atoms. The maximum absolute atomic E-state index is 12.0. The van der Waals surface area contributed by atoms with Crippen LogP contribution in [0.2, 0.25) is 0 Å². The summed E-state index contributed by atoms with van der Waals surface area (Å²) in [5.74, 6) is 0.906. The van der Waals surface area contributed by atoms with Crippen molar-refractivity contribution in [1.29, 1.82) is 0 Å². The van der Waals surface area contributed by atoms with E-state index in [1.165, 1.54) is 11.1 Å². The van der Waals surface area contributed by atoms with Gasteiger partial charge in [0, 0.05) is 38.3 Å². The maximum Gasteiger partial charge on any atom is 0.220 e. The molecule has 1 aliphatic carbocycles. The van der Waals surface area contributed by atoms with Crippen LogP contribution in [0.5, 0.6) is 0 Å². The molecule has 2 aliphatic rings. The normalized spacial score (nSPS) is 26.4. The second-order valence-electron chi connectivity index (χ2n) is 6.12. The smallest absolute Gasteiger partial charge is 0.220 e. The van der Waals surface area contributed by atoms with E-state index < -0.39 is 0 Å². The van der Waals surface area contributed by atoms with Crippen molar-refractivity contribution >= 4 is 11.8 Å². The number of hydrogen-bond donors (Lipinski definition) is 1. The largest absolute Gasteiger partial charge is 0.349 e. The van der Waals surface area contributed by atoms with Crippen LogP contribution in [0.25, 0.3) is 0 Å². The highest BCUT2D eigenvalue weighted by molar-refractivity contribution is 5.77. The first kappa shape index (κ1) is 14.1. The van der Waals surface area contributed by atoms with Crippen LogP contribution in [-0.2, 0) is 9.59 Å². The molecular formula is C17H22N2O2. The second-order valence-corrected chi connectivity index (χ2v) is 6.12. The minimum absolute atomic E-state index is 0.0506. The van der Waals surface area contributed by atoms with Gasteiger partial charge in [0.1, 0.15) is 0 Å². The van der Waals surface area contributed by atoms with E-state index in [-0.39, 0.29) is 17.9 Å². The number of amides is 2. The predicted molar refractivity (Wildman–Crippen MR) is 80.7 cm³/mol. The van der Waals surface area contributed by atoms with Gasteiger partial charge in [-0.3, -0.25) is 9.59 Å². The number of rotatable bonds is 3. The Labute approximate surface area is 125 Å². The van der Waals surface area contributed by atoms with Crippen molar-refractivity contribution in [3.8, 4) is 0 Å². The van der Waals surface area contributed by atoms with Gasteiger partial charge in [-0.1, -0.05) is 31.2 Å². The number of likely N-dealkylation sites (tertiary alicyclic amines) is 1. The van der Waals surface area contributed by atoms with Crippen LogP contribution in [0.3, 0.4) is 0 Å². The molecule has 1 saturated heterocycles. The summed E-state index contributed by atoms with van der Waals surface area (Å²) < 4.78 is 0. The van der Waals surface area contributed by atoms with E-state index in [0.29, 0.717) is 18.3 Å². The molecule has 1 aliphatic heterocycles. The Morgan fingerprint density at radius 1 is 1.24 bits per heavy atom. The minimum Gasteiger partial charge on any atom is -0.349 e. The van der Waals surface area contributed by atoms with Crippen LogP contribution in [0, 0.1) is 5.92 Å². The third kappa shape index (κ3) is 2.43. The lowest BCUT2D eigenvalue weighted by molar-refractivity contribution is -0.128. The van der Waals surface area contributed by atoms with E-state index in [4.69, 9.17) is 0 Å². The van der Waals surface area contributed by atoms with Crippen LogP contribution in [0.15, 0.2) is 24.3 Å². The highest BCUT2D eigenvalue weighted by Crippen LogP contribution is 2.49. The lowest BCUT2D eigenvalue weighted by Gasteiger charge is -2.22. The Hall–Kier alpha value is -1.84. The van der Waals surface area contributed by atoms with Crippen LogP contribution in [-0.4, -0.2) is 29.8 Å². The number of carbonyl (C=O) groups is 2. The molecule has 112 valence electrons. The Balaban J connectivity index is 1.88. The third-order valence-corrected chi connectivity index (χ3v) is 4.76. The first-order valence-electron chi connectivity index (χ1n) is 7.75. The van der Waals surface area contributed by atoms with Crippen LogP contribution in [0.4, 0.5) is 0 Å². The van der Waals surface area contributed by atoms with Crippen molar-refractivity contribution in [2.75, 3.05) is 13.1 Å². The molecule has 21 heavy (non-hydrogen) atoms. The van der Waals surface area contributed by atoms with Gasteiger partial charge in [-0.25, -0.2) is 0 Å². The first-order chi connectivity index (χ1) is 10.1. The number of carbonyl (C=O) groups excluding carboxylic acids is 2. The van der Waals surface area contributed by atoms with Crippen molar-refractivity contribution in [2.45, 2.75) is 38.6 Å². The van der Waals surface area contributed by atoms with Crippen molar-refractivity contribution in [3.05, 3.63) is 35.4 Å². The van der Waals surface area contributed by atoms with Gasteiger partial charge in [0.15, 0.2) is 0 Å². The van der Waals surface area contributed by atoms with Gasteiger partial charge in [0.2, 0.25) is 11.8 Å². The van der Waals surface area contributed by atoms with Crippen molar-refractivity contribution in [1.82, 2.24) is 10.2 Å². The zero-order valence-corrected chi connectivity index (χ0v) is 12.6. The van der Waals surface area contributed by atoms with Crippen molar-refractivity contribution < 1.29 is 9.59 Å². The van der Waals surface area contributed by atoms with Gasteiger partial charge in [-0.2, -0.15) is 0 Å². The second kappa shape index (κ2) is 5.51. The van der Waals surface area contributed by atoms with E-state index >= 15 is 0 Å². The van der Waals surface area contributed by atoms with Gasteiger partial charge in [0.25, 0.3) is 0 Å². The van der Waals surface area contributed by atoms with E-state index in [2.05, 4.69) is 17.4 Å². The number of nitrogens with zero attached hydrogens (tertiary/aromatic N) is 1. The third-order valence-electron chi connectivity index (χ3n) is 4.76. The summed E-state index contributed by atoms with van der Waals surface area (Å²) in [6.45, 7) is 5.15. The lowest BCUT2D eigenvalue weighted by Crippen LogP contribution is -2.34. The molecule has 1 aromatic rings. The molecule has 0 radical (unpaired) electrons. The Kier molecular flexibility index (Phi) is 3.70. The standard InChI is InChI=1S/C17H22N2O2/c1-3-6-16(21)18-17-13-8-5-4-7-12(13)14-9-19(11(2)20)10-15(14)17/h4-5,7-8,14-15,17H,3,6,9-10H2,1-2H3,(H,18,21)/t14-,15+,17+/m0/s1. The van der Waals surface area contributed by atoms with E-state index in [1.807, 2.05) is 24.0 Å². The molecular weight excluding hydrogens is 264 g/mol. The molecule has 0 saturated carbocycles. The molecule has 2 amide bonds. The monoisotopic (exact) mass is 286 g/mol. The quantitative estimate of drug-likeness (QED) is 0.926. The fraction of sp³-hybridized carbons (Fsp3) is 0.529. The topological polar surface area (TPSA) is 49.4 Å². The Bertz CT molecular complexity index is 570. The van der Waals surface area contributed by atoms with Crippen molar-refractivity contribution in [3.63, 3.8) is 0 Å². The zero-order chi connectivity index (χ0) is 15.0. The molecule has 4 nitrogen and oxygen atoms in total. The van der Waals surface area contributed by atoms with Gasteiger partial charge >= 0.3 is 0 Å².